The molecule has 0 aliphatic carbocycles. The van der Waals surface area contributed by atoms with Crippen molar-refractivity contribution in [2.24, 2.45) is 0 Å². The topological polar surface area (TPSA) is 40.5 Å². The lowest BCUT2D eigenvalue weighted by Gasteiger charge is -2.15. The van der Waals surface area contributed by atoms with E-state index in [-0.39, 0.29) is 6.54 Å². The second-order valence-electron chi connectivity index (χ2n) is 4.20. The van der Waals surface area contributed by atoms with E-state index in [1.165, 1.54) is 10.8 Å². The number of carboxylic acids is 1. The number of carbonyl (C=O) groups is 1. The maximum atomic E-state index is 10.6. The molecule has 0 saturated carbocycles. The third kappa shape index (κ3) is 2.82. The molecule has 3 nitrogen and oxygen atoms in total. The van der Waals surface area contributed by atoms with Crippen LogP contribution in [0.3, 0.4) is 0 Å². The second-order valence-corrected chi connectivity index (χ2v) is 4.20. The Morgan fingerprint density at radius 2 is 1.88 bits per heavy atom. The molecule has 2 rings (SSSR count). The van der Waals surface area contributed by atoms with Gasteiger partial charge < -0.3 is 5.11 Å². The van der Waals surface area contributed by atoms with Crippen molar-refractivity contribution in [3.63, 3.8) is 0 Å². The van der Waals surface area contributed by atoms with Crippen molar-refractivity contribution in [1.29, 1.82) is 0 Å². The number of aliphatic carboxylic acids is 1. The Balaban J connectivity index is 2.26. The molecule has 0 aliphatic heterocycles. The van der Waals surface area contributed by atoms with E-state index in [9.17, 15) is 4.79 Å². The SMILES string of the molecule is CN(CC(=O)O)Cc1cccc2ccccc12. The Morgan fingerprint density at radius 3 is 2.65 bits per heavy atom. The van der Waals surface area contributed by atoms with Crippen LogP contribution in [0.5, 0.6) is 0 Å². The lowest BCUT2D eigenvalue weighted by molar-refractivity contribution is -0.138. The Bertz CT molecular complexity index is 531. The van der Waals surface area contributed by atoms with Crippen molar-refractivity contribution < 1.29 is 9.90 Å². The van der Waals surface area contributed by atoms with E-state index >= 15 is 0 Å². The molecule has 0 atom stereocenters. The number of hydrogen-bond donors (Lipinski definition) is 1. The van der Waals surface area contributed by atoms with Crippen molar-refractivity contribution in [1.82, 2.24) is 4.90 Å². The van der Waals surface area contributed by atoms with Gasteiger partial charge in [-0.2, -0.15) is 0 Å². The van der Waals surface area contributed by atoms with Gasteiger partial charge in [-0.1, -0.05) is 42.5 Å². The van der Waals surface area contributed by atoms with Crippen LogP contribution >= 0.6 is 0 Å². The fraction of sp³-hybridized carbons (Fsp3) is 0.214. The highest BCUT2D eigenvalue weighted by Crippen LogP contribution is 2.19. The number of hydrogen-bond acceptors (Lipinski definition) is 2. The zero-order chi connectivity index (χ0) is 12.3. The third-order valence-corrected chi connectivity index (χ3v) is 2.73. The molecule has 0 unspecified atom stereocenters. The summed E-state index contributed by atoms with van der Waals surface area (Å²) < 4.78 is 0. The van der Waals surface area contributed by atoms with Crippen LogP contribution in [-0.4, -0.2) is 29.6 Å². The highest BCUT2D eigenvalue weighted by molar-refractivity contribution is 5.85. The standard InChI is InChI=1S/C14H15NO2/c1-15(10-14(16)17)9-12-7-4-6-11-5-2-3-8-13(11)12/h2-8H,9-10H2,1H3,(H,16,17). The van der Waals surface area contributed by atoms with Gasteiger partial charge in [0.25, 0.3) is 0 Å². The molecule has 88 valence electrons. The Hall–Kier alpha value is -1.87. The second kappa shape index (κ2) is 4.97. The third-order valence-electron chi connectivity index (χ3n) is 2.73. The van der Waals surface area contributed by atoms with Gasteiger partial charge >= 0.3 is 5.97 Å². The Kier molecular flexibility index (Phi) is 3.40. The summed E-state index contributed by atoms with van der Waals surface area (Å²) >= 11 is 0. The van der Waals surface area contributed by atoms with E-state index < -0.39 is 5.97 Å². The highest BCUT2D eigenvalue weighted by atomic mass is 16.4. The molecule has 17 heavy (non-hydrogen) atoms. The smallest absolute Gasteiger partial charge is 0.317 e. The van der Waals surface area contributed by atoms with Crippen LogP contribution in [0.1, 0.15) is 5.56 Å². The first-order valence-corrected chi connectivity index (χ1v) is 5.54. The molecule has 2 aromatic rings. The number of rotatable bonds is 4. The summed E-state index contributed by atoms with van der Waals surface area (Å²) in [7, 11) is 1.82. The Labute approximate surface area is 100 Å². The lowest BCUT2D eigenvalue weighted by Crippen LogP contribution is -2.25. The predicted octanol–water partition coefficient (Wildman–Crippen LogP) is 2.36. The van der Waals surface area contributed by atoms with Gasteiger partial charge in [0.2, 0.25) is 0 Å². The normalized spacial score (nSPS) is 10.9. The first kappa shape index (κ1) is 11.6. The summed E-state index contributed by atoms with van der Waals surface area (Å²) in [5, 5.41) is 11.1. The molecule has 0 aromatic heterocycles. The van der Waals surface area contributed by atoms with E-state index in [4.69, 9.17) is 5.11 Å². The van der Waals surface area contributed by atoms with Gasteiger partial charge in [0.15, 0.2) is 0 Å². The van der Waals surface area contributed by atoms with Crippen molar-refractivity contribution in [2.75, 3.05) is 13.6 Å². The van der Waals surface area contributed by atoms with Crippen LogP contribution in [-0.2, 0) is 11.3 Å². The minimum absolute atomic E-state index is 0.0588. The molecule has 0 heterocycles. The van der Waals surface area contributed by atoms with Crippen molar-refractivity contribution in [3.05, 3.63) is 48.0 Å². The lowest BCUT2D eigenvalue weighted by atomic mass is 10.0. The largest absolute Gasteiger partial charge is 0.480 e. The molecule has 0 radical (unpaired) electrons. The number of benzene rings is 2. The van der Waals surface area contributed by atoms with Gasteiger partial charge in [0.05, 0.1) is 6.54 Å². The molecule has 3 heteroatoms. The van der Waals surface area contributed by atoms with Gasteiger partial charge in [-0.3, -0.25) is 9.69 Å². The van der Waals surface area contributed by atoms with Gasteiger partial charge in [0, 0.05) is 6.54 Å². The first-order valence-electron chi connectivity index (χ1n) is 5.54. The average molecular weight is 229 g/mol. The maximum Gasteiger partial charge on any atom is 0.317 e. The summed E-state index contributed by atoms with van der Waals surface area (Å²) in [4.78, 5) is 12.4. The van der Waals surface area contributed by atoms with Gasteiger partial charge in [-0.25, -0.2) is 0 Å². The van der Waals surface area contributed by atoms with E-state index in [0.29, 0.717) is 6.54 Å². The molecule has 1 N–H and O–H groups in total. The van der Waals surface area contributed by atoms with Crippen molar-refractivity contribution in [2.45, 2.75) is 6.54 Å². The number of carboxylic acid groups (broad SMARTS) is 1. The van der Waals surface area contributed by atoms with Crippen LogP contribution in [0.25, 0.3) is 10.8 Å². The molecule has 0 saturated heterocycles. The minimum Gasteiger partial charge on any atom is -0.480 e. The quantitative estimate of drug-likeness (QED) is 0.875. The minimum atomic E-state index is -0.798. The van der Waals surface area contributed by atoms with Crippen LogP contribution in [0, 0.1) is 0 Å². The van der Waals surface area contributed by atoms with E-state index in [1.807, 2.05) is 31.3 Å². The van der Waals surface area contributed by atoms with Crippen LogP contribution in [0.2, 0.25) is 0 Å². The summed E-state index contributed by atoms with van der Waals surface area (Å²) in [6.07, 6.45) is 0. The zero-order valence-electron chi connectivity index (χ0n) is 9.76. The summed E-state index contributed by atoms with van der Waals surface area (Å²) in [5.41, 5.74) is 1.16. The van der Waals surface area contributed by atoms with Gasteiger partial charge in [0.1, 0.15) is 0 Å². The Morgan fingerprint density at radius 1 is 1.18 bits per heavy atom. The van der Waals surface area contributed by atoms with Crippen molar-refractivity contribution >= 4 is 16.7 Å². The summed E-state index contributed by atoms with van der Waals surface area (Å²) in [6, 6.07) is 14.3. The predicted molar refractivity (Wildman–Crippen MR) is 67.9 cm³/mol. The number of likely N-dealkylation sites (N-methyl/N-ethyl adjacent to an activating group) is 1. The van der Waals surface area contributed by atoms with Gasteiger partial charge in [-0.05, 0) is 23.4 Å². The monoisotopic (exact) mass is 229 g/mol. The molecular weight excluding hydrogens is 214 g/mol. The molecule has 0 aliphatic rings. The highest BCUT2D eigenvalue weighted by Gasteiger charge is 2.07. The molecule has 0 amide bonds. The van der Waals surface area contributed by atoms with E-state index in [2.05, 4.69) is 18.2 Å². The molecule has 0 bridgehead atoms. The molecular formula is C14H15NO2. The van der Waals surface area contributed by atoms with Gasteiger partial charge in [-0.15, -0.1) is 0 Å². The number of fused-ring (bicyclic) bond motifs is 1. The molecule has 2 aromatic carbocycles. The molecule has 0 spiro atoms. The van der Waals surface area contributed by atoms with Crippen LogP contribution < -0.4 is 0 Å². The summed E-state index contributed by atoms with van der Waals surface area (Å²) in [5.74, 6) is -0.798. The van der Waals surface area contributed by atoms with E-state index in [0.717, 1.165) is 5.56 Å². The zero-order valence-corrected chi connectivity index (χ0v) is 9.76. The fourth-order valence-corrected chi connectivity index (χ4v) is 2.01. The first-order chi connectivity index (χ1) is 8.16. The maximum absolute atomic E-state index is 10.6. The van der Waals surface area contributed by atoms with Crippen LogP contribution in [0.15, 0.2) is 42.5 Å². The number of nitrogens with zero attached hydrogens (tertiary/aromatic N) is 1. The molecule has 0 fully saturated rings. The average Bonchev–Trinajstić information content (AvgIpc) is 2.28. The van der Waals surface area contributed by atoms with Crippen molar-refractivity contribution in [3.8, 4) is 0 Å². The fourth-order valence-electron chi connectivity index (χ4n) is 2.01. The summed E-state index contributed by atoms with van der Waals surface area (Å²) in [6.45, 7) is 0.705. The van der Waals surface area contributed by atoms with Crippen LogP contribution in [0.4, 0.5) is 0 Å². The van der Waals surface area contributed by atoms with E-state index in [1.54, 1.807) is 4.90 Å².